The van der Waals surface area contributed by atoms with Gasteiger partial charge in [-0.3, -0.25) is 0 Å². The molecule has 0 fully saturated rings. The van der Waals surface area contributed by atoms with E-state index >= 15 is 0 Å². The van der Waals surface area contributed by atoms with E-state index in [9.17, 15) is 0 Å². The number of aromatic nitrogens is 3. The molecule has 1 aliphatic heterocycles. The van der Waals surface area contributed by atoms with Crippen LogP contribution in [0, 0.1) is 0 Å². The van der Waals surface area contributed by atoms with Gasteiger partial charge in [-0.2, -0.15) is 0 Å². The van der Waals surface area contributed by atoms with E-state index in [4.69, 9.17) is 9.97 Å². The van der Waals surface area contributed by atoms with Gasteiger partial charge < -0.3 is 9.88 Å². The maximum absolute atomic E-state index is 5.40. The van der Waals surface area contributed by atoms with Crippen molar-refractivity contribution < 1.29 is 0 Å². The van der Waals surface area contributed by atoms with Gasteiger partial charge in [0.2, 0.25) is 0 Å². The second-order valence-corrected chi connectivity index (χ2v) is 16.9. The summed E-state index contributed by atoms with van der Waals surface area (Å²) in [5.41, 5.74) is 15.7. The average molecular weight is 833 g/mol. The van der Waals surface area contributed by atoms with Crippen molar-refractivity contribution in [2.45, 2.75) is 19.4 Å². The van der Waals surface area contributed by atoms with Gasteiger partial charge >= 0.3 is 0 Å². The molecule has 0 spiro atoms. The zero-order chi connectivity index (χ0) is 43.3. The van der Waals surface area contributed by atoms with Crippen LogP contribution in [0.4, 0.5) is 0 Å². The Bertz CT molecular complexity index is 3620. The summed E-state index contributed by atoms with van der Waals surface area (Å²) in [5, 5.41) is 11.9. The molecule has 0 unspecified atom stereocenters. The second kappa shape index (κ2) is 16.1. The molecule has 0 saturated heterocycles. The van der Waals surface area contributed by atoms with E-state index in [1.54, 1.807) is 0 Å². The van der Waals surface area contributed by atoms with Gasteiger partial charge in [-0.1, -0.05) is 164 Å². The van der Waals surface area contributed by atoms with Crippen molar-refractivity contribution in [1.29, 1.82) is 0 Å². The third kappa shape index (κ3) is 6.70. The molecule has 0 radical (unpaired) electrons. The lowest BCUT2D eigenvalue weighted by molar-refractivity contribution is 0.856. The summed E-state index contributed by atoms with van der Waals surface area (Å²) in [4.78, 5) is 10.7. The molecule has 4 nitrogen and oxygen atoms in total. The zero-order valence-corrected chi connectivity index (χ0v) is 35.9. The molecule has 12 rings (SSSR count). The smallest absolute Gasteiger partial charge is 0.160 e. The van der Waals surface area contributed by atoms with E-state index in [-0.39, 0.29) is 0 Å². The molecule has 308 valence electrons. The number of hydrogen-bond donors (Lipinski definition) is 1. The van der Waals surface area contributed by atoms with Crippen LogP contribution >= 0.6 is 0 Å². The number of hydrogen-bond acceptors (Lipinski definition) is 3. The lowest BCUT2D eigenvalue weighted by atomic mass is 9.85. The van der Waals surface area contributed by atoms with Gasteiger partial charge in [0.05, 0.1) is 22.6 Å². The minimum absolute atomic E-state index is 0.678. The summed E-state index contributed by atoms with van der Waals surface area (Å²) in [5.74, 6) is 0.678. The molecular formula is C61H44N4. The highest BCUT2D eigenvalue weighted by molar-refractivity contribution is 6.22. The fourth-order valence-electron chi connectivity index (χ4n) is 10.1. The normalized spacial score (nSPS) is 13.4. The summed E-state index contributed by atoms with van der Waals surface area (Å²) in [6.45, 7) is 4.71. The summed E-state index contributed by atoms with van der Waals surface area (Å²) in [6, 6.07) is 59.2. The van der Waals surface area contributed by atoms with Crippen LogP contribution in [-0.2, 0) is 6.54 Å². The van der Waals surface area contributed by atoms with Crippen LogP contribution in [0.15, 0.2) is 207 Å². The van der Waals surface area contributed by atoms with Gasteiger partial charge in [0.15, 0.2) is 5.82 Å². The Kier molecular flexibility index (Phi) is 9.49. The third-order valence-corrected chi connectivity index (χ3v) is 13.0. The molecule has 1 aliphatic carbocycles. The van der Waals surface area contributed by atoms with Gasteiger partial charge in [-0.05, 0) is 128 Å². The number of nitrogens with zero attached hydrogens (tertiary/aromatic N) is 3. The molecule has 0 saturated carbocycles. The van der Waals surface area contributed by atoms with E-state index in [0.717, 1.165) is 69.4 Å². The van der Waals surface area contributed by atoms with Crippen molar-refractivity contribution in [2.75, 3.05) is 0 Å². The molecule has 0 bridgehead atoms. The second-order valence-electron chi connectivity index (χ2n) is 16.9. The van der Waals surface area contributed by atoms with Gasteiger partial charge in [-0.25, -0.2) is 9.97 Å². The predicted molar refractivity (Wildman–Crippen MR) is 275 cm³/mol. The number of allylic oxidation sites excluding steroid dienone is 6. The maximum Gasteiger partial charge on any atom is 0.160 e. The van der Waals surface area contributed by atoms with Crippen molar-refractivity contribution in [2.24, 2.45) is 0 Å². The maximum atomic E-state index is 5.40. The zero-order valence-electron chi connectivity index (χ0n) is 35.9. The van der Waals surface area contributed by atoms with Crippen LogP contribution in [0.25, 0.3) is 117 Å². The topological polar surface area (TPSA) is 42.7 Å². The molecule has 65 heavy (non-hydrogen) atoms. The summed E-state index contributed by atoms with van der Waals surface area (Å²) in [7, 11) is 0. The van der Waals surface area contributed by atoms with E-state index < -0.39 is 0 Å². The quantitative estimate of drug-likeness (QED) is 0.122. The Morgan fingerprint density at radius 2 is 1.23 bits per heavy atom. The first-order chi connectivity index (χ1) is 32.2. The first kappa shape index (κ1) is 38.3. The monoisotopic (exact) mass is 832 g/mol. The molecule has 1 N–H and O–H groups in total. The van der Waals surface area contributed by atoms with Crippen LogP contribution < -0.4 is 5.32 Å². The summed E-state index contributed by atoms with van der Waals surface area (Å²) in [6.07, 6.45) is 19.3. The Hall–Kier alpha value is -8.34. The van der Waals surface area contributed by atoms with Crippen molar-refractivity contribution >= 4 is 61.1 Å². The van der Waals surface area contributed by atoms with Gasteiger partial charge in [0, 0.05) is 39.9 Å². The Morgan fingerprint density at radius 3 is 1.97 bits per heavy atom. The van der Waals surface area contributed by atoms with Crippen LogP contribution in [0.3, 0.4) is 0 Å². The average Bonchev–Trinajstić information content (AvgIpc) is 3.71. The Labute approximate surface area is 378 Å². The fraction of sp³-hybridized carbons (Fsp3) is 0.0492. The van der Waals surface area contributed by atoms with E-state index in [0.29, 0.717) is 5.82 Å². The molecule has 4 heteroatoms. The first-order valence-corrected chi connectivity index (χ1v) is 22.5. The highest BCUT2D eigenvalue weighted by Gasteiger charge is 2.23. The van der Waals surface area contributed by atoms with Crippen LogP contribution in [0.1, 0.15) is 29.7 Å². The van der Waals surface area contributed by atoms with Gasteiger partial charge in [0.1, 0.15) is 0 Å². The molecule has 0 atom stereocenters. The Balaban J connectivity index is 1.04. The number of nitrogens with one attached hydrogen (secondary N) is 1. The van der Waals surface area contributed by atoms with Crippen molar-refractivity contribution in [3.63, 3.8) is 0 Å². The van der Waals surface area contributed by atoms with E-state index in [1.807, 2.05) is 18.2 Å². The largest absolute Gasteiger partial charge is 0.387 e. The fourth-order valence-corrected chi connectivity index (χ4v) is 10.1. The lowest BCUT2D eigenvalue weighted by Crippen LogP contribution is -2.11. The number of benzene rings is 8. The molecule has 2 aromatic heterocycles. The lowest BCUT2D eigenvalue weighted by Gasteiger charge is -2.18. The highest BCUT2D eigenvalue weighted by atomic mass is 15.0. The van der Waals surface area contributed by atoms with Crippen molar-refractivity contribution in [1.82, 2.24) is 19.9 Å². The van der Waals surface area contributed by atoms with E-state index in [2.05, 4.69) is 211 Å². The molecule has 3 heterocycles. The molecule has 10 aromatic rings. The van der Waals surface area contributed by atoms with Crippen LogP contribution in [0.5, 0.6) is 0 Å². The summed E-state index contributed by atoms with van der Waals surface area (Å²) < 4.78 is 2.44. The number of fused-ring (bicyclic) bond motifs is 6. The van der Waals surface area contributed by atoms with Gasteiger partial charge in [-0.15, -0.1) is 0 Å². The molecule has 0 amide bonds. The van der Waals surface area contributed by atoms with Crippen molar-refractivity contribution in [3.05, 3.63) is 224 Å². The van der Waals surface area contributed by atoms with Crippen LogP contribution in [0.2, 0.25) is 0 Å². The number of rotatable bonds is 8. The SMILES string of the molecule is C=C/C=C\c1cc(-c2cc(-c3ccccc3)nc(-c3cccc(-c4c5ccccc5c(-c5ccc6c(c5)c5c(n6C6=CCCC=C6)C=CNC5)c5ccccc45)c3)n2)c2ccccc2c1. The minimum Gasteiger partial charge on any atom is -0.387 e. The standard InChI is InChI=1S/C61H44N4/c1-2-3-17-40-34-42-20-10-11-25-47(42)52(35-40)56-38-55(41-18-6-4-7-19-41)63-61(64-56)45-22-16-21-43(36-45)59-48-26-12-14-28-50(48)60(51-29-15-13-27-49(51)59)44-30-31-57-53(37-44)54-39-62-33-32-58(54)65(57)46-23-8-5-9-24-46/h2-4,6-8,10-38,62H,1,5,9,39H2/b17-3-. The Morgan fingerprint density at radius 1 is 0.554 bits per heavy atom. The molecule has 2 aliphatic rings. The van der Waals surface area contributed by atoms with Crippen LogP contribution in [-0.4, -0.2) is 14.5 Å². The highest BCUT2D eigenvalue weighted by Crippen LogP contribution is 2.46. The van der Waals surface area contributed by atoms with Crippen molar-refractivity contribution in [3.8, 4) is 56.2 Å². The summed E-state index contributed by atoms with van der Waals surface area (Å²) >= 11 is 0. The third-order valence-electron chi connectivity index (χ3n) is 13.0. The van der Waals surface area contributed by atoms with Gasteiger partial charge in [0.25, 0.3) is 0 Å². The predicted octanol–water partition coefficient (Wildman–Crippen LogP) is 15.7. The van der Waals surface area contributed by atoms with E-state index in [1.165, 1.54) is 66.1 Å². The molecule has 8 aromatic carbocycles. The molecular weight excluding hydrogens is 789 g/mol. The minimum atomic E-state index is 0.678. The first-order valence-electron chi connectivity index (χ1n) is 22.5.